The van der Waals surface area contributed by atoms with Gasteiger partial charge in [0, 0.05) is 58.5 Å². The van der Waals surface area contributed by atoms with Gasteiger partial charge in [0.1, 0.15) is 22.4 Å². The molecule has 12 heterocycles. The Bertz CT molecular complexity index is 5010. The molecule has 4 aliphatic rings. The van der Waals surface area contributed by atoms with Gasteiger partial charge in [-0.2, -0.15) is 0 Å². The molecule has 0 spiro atoms. The maximum Gasteiger partial charge on any atom is 0.422 e. The molecular weight excluding hydrogens is 1750 g/mol. The van der Waals surface area contributed by atoms with Gasteiger partial charge < -0.3 is 18.9 Å². The Morgan fingerprint density at radius 2 is 0.406 bits per heavy atom. The number of carbonyl (C=O) groups excluding carboxylic acids is 8. The number of rotatable bonds is 45. The average molecular weight is 1890 g/mol. The fraction of sp³-hybridized carbons (Fsp3) is 0.538. The molecule has 0 fully saturated rings. The quantitative estimate of drug-likeness (QED) is 0.0260. The standard InChI is InChI=1S/C104H134N4O12S8/c1-17-21-25-29-33-35-39-43-47-67(45-41-37-31-27-23-19-3)65-69-49-51-71(121-69)73-53-55-75(123-73)77-57-61-81(125-77)89-85-87(95(111)105(89)97(113)117-101(5,6)7)91(107(93(85)109)99(115)119-103(11,12)13)83-63-59-79(127-83)80-60-64-84(128-80)92-88-86(94(110)108(92)100(116)120-104(14,15)16)90(106(96(88)112)98(114)118-102(8,9)10)82-62-58-78(126-82)76-56-54-74(124-76)72-52-50-70(122-72)66-68(46-42-38-32-28-24-20-4)48-44-40-36-34-30-26-22-18-2/h49-64,67-68H,17-48,65-66H2,1-16H3. The van der Waals surface area contributed by atoms with E-state index in [-0.39, 0.29) is 54.8 Å². The second-order valence-corrected chi connectivity index (χ2v) is 47.5. The van der Waals surface area contributed by atoms with E-state index in [1.165, 1.54) is 248 Å². The lowest BCUT2D eigenvalue weighted by molar-refractivity contribution is -0.123. The fourth-order valence-electron chi connectivity index (χ4n) is 17.1. The zero-order valence-corrected chi connectivity index (χ0v) is 84.9. The van der Waals surface area contributed by atoms with Crippen molar-refractivity contribution in [3.05, 3.63) is 149 Å². The molecule has 690 valence electrons. The van der Waals surface area contributed by atoms with E-state index in [0.29, 0.717) is 31.3 Å². The van der Waals surface area contributed by atoms with Crippen molar-refractivity contribution < 1.29 is 57.3 Å². The topological polar surface area (TPSA) is 186 Å². The molecule has 2 atom stereocenters. The van der Waals surface area contributed by atoms with Crippen molar-refractivity contribution >= 4 is 161 Å². The maximum absolute atomic E-state index is 15.7. The lowest BCUT2D eigenvalue weighted by atomic mass is 9.91. The van der Waals surface area contributed by atoms with Gasteiger partial charge in [0.2, 0.25) is 0 Å². The predicted molar refractivity (Wildman–Crippen MR) is 534 cm³/mol. The smallest absolute Gasteiger partial charge is 0.422 e. The molecule has 8 amide bonds. The monoisotopic (exact) mass is 1890 g/mol. The minimum absolute atomic E-state index is 0.0240. The Hall–Kier alpha value is -7.68. The zero-order chi connectivity index (χ0) is 91.8. The van der Waals surface area contributed by atoms with Gasteiger partial charge in [-0.15, -0.1) is 90.7 Å². The van der Waals surface area contributed by atoms with Crippen molar-refractivity contribution in [1.29, 1.82) is 0 Å². The van der Waals surface area contributed by atoms with Gasteiger partial charge in [-0.25, -0.2) is 38.8 Å². The summed E-state index contributed by atoms with van der Waals surface area (Å²) >= 11 is 12.0. The number of hydrogen-bond acceptors (Lipinski definition) is 20. The van der Waals surface area contributed by atoms with Crippen LogP contribution in [-0.2, 0) is 51.0 Å². The zero-order valence-electron chi connectivity index (χ0n) is 78.4. The van der Waals surface area contributed by atoms with Gasteiger partial charge in [0.25, 0.3) is 23.6 Å². The number of thiophene rings is 8. The molecule has 0 N–H and O–H groups in total. The summed E-state index contributed by atoms with van der Waals surface area (Å²) in [5, 5.41) is 0. The Kier molecular flexibility index (Phi) is 35.0. The molecule has 4 aliphatic heterocycles. The average Bonchev–Trinajstić information content (AvgIpc) is 1.55. The van der Waals surface area contributed by atoms with E-state index in [0.717, 1.165) is 84.4 Å². The van der Waals surface area contributed by atoms with Crippen LogP contribution in [0.1, 0.15) is 346 Å². The summed E-state index contributed by atoms with van der Waals surface area (Å²) in [6, 6.07) is 31.9. The third-order valence-corrected chi connectivity index (χ3v) is 33.0. The molecule has 0 saturated heterocycles. The Balaban J connectivity index is 0.854. The summed E-state index contributed by atoms with van der Waals surface area (Å²) in [5.41, 5.74) is -5.36. The van der Waals surface area contributed by atoms with Crippen LogP contribution in [0.25, 0.3) is 71.6 Å². The predicted octanol–water partition coefficient (Wildman–Crippen LogP) is 32.7. The second-order valence-electron chi connectivity index (χ2n) is 38.7. The van der Waals surface area contributed by atoms with Gasteiger partial charge in [0.15, 0.2) is 0 Å². The third kappa shape index (κ3) is 25.6. The number of imide groups is 4. The van der Waals surface area contributed by atoms with Crippen LogP contribution in [0.2, 0.25) is 0 Å². The highest BCUT2D eigenvalue weighted by Gasteiger charge is 2.57. The highest BCUT2D eigenvalue weighted by Crippen LogP contribution is 2.55. The van der Waals surface area contributed by atoms with Crippen LogP contribution in [0.4, 0.5) is 19.2 Å². The van der Waals surface area contributed by atoms with E-state index in [1.54, 1.807) is 142 Å². The minimum Gasteiger partial charge on any atom is -0.443 e. The molecule has 0 aromatic carbocycles. The van der Waals surface area contributed by atoms with Crippen molar-refractivity contribution in [2.45, 2.75) is 351 Å². The molecule has 24 heteroatoms. The molecule has 0 saturated carbocycles. The van der Waals surface area contributed by atoms with Crippen molar-refractivity contribution in [3.8, 4) is 48.8 Å². The Morgan fingerprint density at radius 1 is 0.242 bits per heavy atom. The lowest BCUT2D eigenvalue weighted by Crippen LogP contribution is -2.40. The molecule has 0 aliphatic carbocycles. The first kappa shape index (κ1) is 99.3. The highest BCUT2D eigenvalue weighted by atomic mass is 32.1. The van der Waals surface area contributed by atoms with Crippen molar-refractivity contribution in [1.82, 2.24) is 19.6 Å². The van der Waals surface area contributed by atoms with Crippen LogP contribution in [0.3, 0.4) is 0 Å². The first-order valence-corrected chi connectivity index (χ1v) is 53.8. The summed E-state index contributed by atoms with van der Waals surface area (Å²) in [7, 11) is 0. The fourth-order valence-corrected chi connectivity index (χ4v) is 26.0. The number of amides is 8. The maximum atomic E-state index is 15.7. The van der Waals surface area contributed by atoms with Crippen molar-refractivity contribution in [2.75, 3.05) is 0 Å². The molecule has 128 heavy (non-hydrogen) atoms. The van der Waals surface area contributed by atoms with Crippen LogP contribution in [0.5, 0.6) is 0 Å². The van der Waals surface area contributed by atoms with Crippen molar-refractivity contribution in [2.24, 2.45) is 11.8 Å². The molecule has 12 rings (SSSR count). The third-order valence-electron chi connectivity index (χ3n) is 23.3. The van der Waals surface area contributed by atoms with E-state index in [1.807, 2.05) is 34.8 Å². The normalized spacial score (nSPS) is 15.1. The molecule has 2 unspecified atom stereocenters. The van der Waals surface area contributed by atoms with E-state index in [4.69, 9.17) is 18.9 Å². The number of unbranched alkanes of at least 4 members (excludes halogenated alkanes) is 24. The Morgan fingerprint density at radius 3 is 0.602 bits per heavy atom. The molecule has 8 aromatic heterocycles. The first-order valence-electron chi connectivity index (χ1n) is 47.2. The van der Waals surface area contributed by atoms with Gasteiger partial charge in [0.05, 0.1) is 64.6 Å². The van der Waals surface area contributed by atoms with Crippen molar-refractivity contribution in [3.63, 3.8) is 0 Å². The minimum atomic E-state index is -1.11. The lowest BCUT2D eigenvalue weighted by Gasteiger charge is -2.27. The van der Waals surface area contributed by atoms with E-state index in [9.17, 15) is 19.2 Å². The SMILES string of the molecule is CCCCCCCCCCC(CCCCCCCC)Cc1ccc(-c2ccc(-c3ccc(C4=C5C(=O)N(C(=O)OC(C)(C)C)C(c6ccc(-c7ccc(C8=C9C(=O)N(C(=O)OC(C)(C)C)C(c%10ccc(-c%11ccc(-c%12ccc(CC(CCCCCCCC)CCCCCCCCCC)s%12)s%11)s%10)=C9C(=O)N8C(=O)OC(C)(C)C)s7)s6)=C5C(=O)N4C(=O)OC(C)(C)C)s3)s2)s1. The summed E-state index contributed by atoms with van der Waals surface area (Å²) in [5.74, 6) is -2.21. The number of hydrogen-bond donors (Lipinski definition) is 0. The summed E-state index contributed by atoms with van der Waals surface area (Å²) < 4.78 is 24.0. The number of fused-ring (bicyclic) bond motifs is 2. The summed E-state index contributed by atoms with van der Waals surface area (Å²) in [4.78, 5) is 139. The van der Waals surface area contributed by atoms with Crippen LogP contribution < -0.4 is 0 Å². The number of nitrogens with zero attached hydrogens (tertiary/aromatic N) is 4. The van der Waals surface area contributed by atoms with E-state index >= 15 is 19.2 Å². The van der Waals surface area contributed by atoms with Crippen LogP contribution in [0.15, 0.2) is 119 Å². The Labute approximate surface area is 792 Å². The summed E-state index contributed by atoms with van der Waals surface area (Å²) in [6.07, 6.45) is 39.7. The van der Waals surface area contributed by atoms with Gasteiger partial charge in [-0.1, -0.05) is 233 Å². The molecule has 0 radical (unpaired) electrons. The van der Waals surface area contributed by atoms with Gasteiger partial charge in [-0.3, -0.25) is 19.2 Å². The summed E-state index contributed by atoms with van der Waals surface area (Å²) in [6.45, 7) is 29.3. The van der Waals surface area contributed by atoms with Gasteiger partial charge >= 0.3 is 24.4 Å². The van der Waals surface area contributed by atoms with E-state index in [2.05, 4.69) is 76.2 Å². The molecule has 0 bridgehead atoms. The van der Waals surface area contributed by atoms with E-state index < -0.39 is 70.4 Å². The first-order chi connectivity index (χ1) is 61.2. The highest BCUT2D eigenvalue weighted by molar-refractivity contribution is 7.28. The molecule has 16 nitrogen and oxygen atoms in total. The number of ether oxygens (including phenoxy) is 4. The van der Waals surface area contributed by atoms with Crippen LogP contribution in [-0.4, -0.2) is 90.0 Å². The number of carbonyl (C=O) groups is 8. The molecular formula is C104H134N4O12S8. The van der Waals surface area contributed by atoms with Crippen LogP contribution in [0, 0.1) is 11.8 Å². The van der Waals surface area contributed by atoms with Crippen LogP contribution >= 0.6 is 90.7 Å². The largest absolute Gasteiger partial charge is 0.443 e. The second kappa shape index (κ2) is 45.2. The molecule has 8 aromatic rings. The van der Waals surface area contributed by atoms with Gasteiger partial charge in [-0.05, 0) is 205 Å².